The lowest BCUT2D eigenvalue weighted by Crippen LogP contribution is -2.44. The van der Waals surface area contributed by atoms with E-state index in [0.29, 0.717) is 30.7 Å². The van der Waals surface area contributed by atoms with Crippen LogP contribution in [0.4, 0.5) is 15.8 Å². The van der Waals surface area contributed by atoms with Crippen molar-refractivity contribution in [3.8, 4) is 0 Å². The first-order valence-electron chi connectivity index (χ1n) is 7.58. The summed E-state index contributed by atoms with van der Waals surface area (Å²) in [6, 6.07) is 5.19. The summed E-state index contributed by atoms with van der Waals surface area (Å²) < 4.78 is 13.6. The second kappa shape index (κ2) is 6.89. The Balaban J connectivity index is 1.88. The minimum absolute atomic E-state index is 0.153. The molecule has 3 N–H and O–H groups in total. The molecule has 0 bridgehead atoms. The summed E-state index contributed by atoms with van der Waals surface area (Å²) in [5.74, 6) is -0.637. The van der Waals surface area contributed by atoms with Crippen LogP contribution in [0.1, 0.15) is 39.5 Å². The number of nitrogens with one attached hydrogen (secondary N) is 1. The molecule has 0 radical (unpaired) electrons. The van der Waals surface area contributed by atoms with Gasteiger partial charge < -0.3 is 11.1 Å². The number of carbonyl (C=O) groups excluding carboxylic acids is 1. The van der Waals surface area contributed by atoms with Crippen molar-refractivity contribution >= 4 is 17.3 Å². The number of benzene rings is 1. The molecule has 0 aromatic heterocycles. The van der Waals surface area contributed by atoms with Gasteiger partial charge in [-0.2, -0.15) is 0 Å². The molecular weight excluding hydrogens is 269 g/mol. The summed E-state index contributed by atoms with van der Waals surface area (Å²) in [7, 11) is 0. The van der Waals surface area contributed by atoms with E-state index in [1.807, 2.05) is 0 Å². The van der Waals surface area contributed by atoms with E-state index in [4.69, 9.17) is 5.73 Å². The maximum atomic E-state index is 13.6. The highest BCUT2D eigenvalue weighted by molar-refractivity contribution is 5.91. The molecule has 1 aliphatic rings. The van der Waals surface area contributed by atoms with Crippen LogP contribution in [0.5, 0.6) is 0 Å². The quantitative estimate of drug-likeness (QED) is 0.839. The number of piperidine rings is 1. The summed E-state index contributed by atoms with van der Waals surface area (Å²) in [6.45, 7) is 5.11. The van der Waals surface area contributed by atoms with Gasteiger partial charge in [0.05, 0.1) is 5.69 Å². The molecule has 1 saturated heterocycles. The molecule has 0 saturated carbocycles. The van der Waals surface area contributed by atoms with Crippen molar-refractivity contribution in [2.75, 3.05) is 17.6 Å². The number of nitrogens with zero attached hydrogens (tertiary/aromatic N) is 1. The predicted octanol–water partition coefficient (Wildman–Crippen LogP) is 3.00. The molecule has 1 fully saturated rings. The van der Waals surface area contributed by atoms with Crippen molar-refractivity contribution in [2.24, 2.45) is 0 Å². The number of nitrogens with two attached hydrogens (primary N) is 1. The van der Waals surface area contributed by atoms with Gasteiger partial charge in [-0.15, -0.1) is 0 Å². The van der Waals surface area contributed by atoms with E-state index in [-0.39, 0.29) is 11.6 Å². The van der Waals surface area contributed by atoms with Crippen LogP contribution in [0, 0.1) is 5.82 Å². The van der Waals surface area contributed by atoms with Gasteiger partial charge in [-0.3, -0.25) is 9.69 Å². The highest BCUT2D eigenvalue weighted by Crippen LogP contribution is 2.23. The summed E-state index contributed by atoms with van der Waals surface area (Å²) in [6.07, 6.45) is 3.97. The Kier molecular flexibility index (Phi) is 5.17. The fourth-order valence-corrected chi connectivity index (χ4v) is 3.00. The van der Waals surface area contributed by atoms with Crippen molar-refractivity contribution in [1.29, 1.82) is 0 Å². The normalized spacial score (nSPS) is 23.0. The third-order valence-corrected chi connectivity index (χ3v) is 4.24. The van der Waals surface area contributed by atoms with Gasteiger partial charge in [-0.1, -0.05) is 6.42 Å². The number of halogens is 1. The summed E-state index contributed by atoms with van der Waals surface area (Å²) >= 11 is 0. The minimum Gasteiger partial charge on any atom is -0.399 e. The summed E-state index contributed by atoms with van der Waals surface area (Å²) in [5.41, 5.74) is 6.19. The van der Waals surface area contributed by atoms with Gasteiger partial charge in [0, 0.05) is 30.7 Å². The second-order valence-corrected chi connectivity index (χ2v) is 5.90. The van der Waals surface area contributed by atoms with Gasteiger partial charge in [0.1, 0.15) is 5.82 Å². The van der Waals surface area contributed by atoms with E-state index in [1.54, 1.807) is 0 Å². The van der Waals surface area contributed by atoms with Gasteiger partial charge in [0.15, 0.2) is 0 Å². The number of rotatable bonds is 4. The largest absolute Gasteiger partial charge is 0.399 e. The highest BCUT2D eigenvalue weighted by atomic mass is 19.1. The highest BCUT2D eigenvalue weighted by Gasteiger charge is 2.24. The van der Waals surface area contributed by atoms with Gasteiger partial charge in [-0.25, -0.2) is 4.39 Å². The summed E-state index contributed by atoms with van der Waals surface area (Å²) in [5, 5.41) is 2.60. The van der Waals surface area contributed by atoms with Crippen molar-refractivity contribution in [3.63, 3.8) is 0 Å². The van der Waals surface area contributed by atoms with Crippen molar-refractivity contribution in [1.82, 2.24) is 4.90 Å². The maximum Gasteiger partial charge on any atom is 0.225 e. The number of anilines is 2. The van der Waals surface area contributed by atoms with Crippen LogP contribution < -0.4 is 11.1 Å². The number of nitrogen functional groups attached to an aromatic ring is 1. The van der Waals surface area contributed by atoms with Gasteiger partial charge in [-0.05, 0) is 44.9 Å². The molecule has 0 aliphatic carbocycles. The number of likely N-dealkylation sites (tertiary alicyclic amines) is 1. The van der Waals surface area contributed by atoms with Crippen LogP contribution in [0.2, 0.25) is 0 Å². The van der Waals surface area contributed by atoms with Crippen molar-refractivity contribution in [2.45, 2.75) is 51.6 Å². The first-order valence-corrected chi connectivity index (χ1v) is 7.58. The molecule has 1 heterocycles. The second-order valence-electron chi connectivity index (χ2n) is 5.90. The smallest absolute Gasteiger partial charge is 0.225 e. The van der Waals surface area contributed by atoms with Crippen LogP contribution >= 0.6 is 0 Å². The Hall–Kier alpha value is -1.62. The Bertz CT molecular complexity index is 496. The number of carbonyl (C=O) groups is 1. The fourth-order valence-electron chi connectivity index (χ4n) is 3.00. The van der Waals surface area contributed by atoms with Crippen LogP contribution in [0.15, 0.2) is 18.2 Å². The molecule has 5 heteroatoms. The maximum absolute atomic E-state index is 13.6. The Labute approximate surface area is 125 Å². The van der Waals surface area contributed by atoms with Crippen molar-refractivity contribution < 1.29 is 9.18 Å². The lowest BCUT2D eigenvalue weighted by molar-refractivity contribution is -0.116. The first kappa shape index (κ1) is 15.8. The Morgan fingerprint density at radius 3 is 2.71 bits per heavy atom. The van der Waals surface area contributed by atoms with Gasteiger partial charge >= 0.3 is 0 Å². The Morgan fingerprint density at radius 1 is 1.38 bits per heavy atom. The molecule has 0 unspecified atom stereocenters. The first-order chi connectivity index (χ1) is 9.97. The zero-order valence-electron chi connectivity index (χ0n) is 12.7. The molecule has 116 valence electrons. The molecule has 4 nitrogen and oxygen atoms in total. The molecule has 1 aromatic rings. The van der Waals surface area contributed by atoms with E-state index in [0.717, 1.165) is 0 Å². The van der Waals surface area contributed by atoms with Crippen LogP contribution in [0.3, 0.4) is 0 Å². The minimum atomic E-state index is -0.461. The number of amides is 1. The third-order valence-electron chi connectivity index (χ3n) is 4.24. The topological polar surface area (TPSA) is 58.4 Å². The molecule has 0 spiro atoms. The number of hydrogen-bond donors (Lipinski definition) is 2. The molecule has 1 amide bonds. The average molecular weight is 293 g/mol. The lowest BCUT2D eigenvalue weighted by atomic mass is 9.97. The van der Waals surface area contributed by atoms with E-state index < -0.39 is 5.82 Å². The SMILES string of the molecule is C[C@@H]1CCC[C@H](C)N1CCC(=O)Nc1cc(N)ccc1F. The lowest BCUT2D eigenvalue weighted by Gasteiger charge is -2.38. The monoisotopic (exact) mass is 293 g/mol. The van der Waals surface area contributed by atoms with Gasteiger partial charge in [0.2, 0.25) is 5.91 Å². The van der Waals surface area contributed by atoms with Crippen LogP contribution in [-0.4, -0.2) is 29.4 Å². The van der Waals surface area contributed by atoms with Crippen LogP contribution in [0.25, 0.3) is 0 Å². The van der Waals surface area contributed by atoms with E-state index in [1.165, 1.54) is 37.5 Å². The van der Waals surface area contributed by atoms with E-state index in [2.05, 4.69) is 24.1 Å². The predicted molar refractivity (Wildman–Crippen MR) is 83.5 cm³/mol. The van der Waals surface area contributed by atoms with E-state index in [9.17, 15) is 9.18 Å². The molecule has 1 aromatic carbocycles. The molecule has 21 heavy (non-hydrogen) atoms. The molecular formula is C16H24FN3O. The van der Waals surface area contributed by atoms with Crippen LogP contribution in [-0.2, 0) is 4.79 Å². The molecule has 2 rings (SSSR count). The fraction of sp³-hybridized carbons (Fsp3) is 0.562. The zero-order chi connectivity index (χ0) is 15.4. The standard InChI is InChI=1S/C16H24FN3O/c1-11-4-3-5-12(2)20(11)9-8-16(21)19-15-10-13(18)6-7-14(15)17/h6-7,10-12H,3-5,8-9,18H2,1-2H3,(H,19,21)/t11-,12+. The number of hydrogen-bond acceptors (Lipinski definition) is 3. The van der Waals surface area contributed by atoms with Gasteiger partial charge in [0.25, 0.3) is 0 Å². The van der Waals surface area contributed by atoms with Crippen molar-refractivity contribution in [3.05, 3.63) is 24.0 Å². The summed E-state index contributed by atoms with van der Waals surface area (Å²) in [4.78, 5) is 14.3. The van der Waals surface area contributed by atoms with E-state index >= 15 is 0 Å². The average Bonchev–Trinajstić information content (AvgIpc) is 2.42. The molecule has 1 aliphatic heterocycles. The molecule has 2 atom stereocenters. The third kappa shape index (κ3) is 4.17. The zero-order valence-corrected chi connectivity index (χ0v) is 12.7. The Morgan fingerprint density at radius 2 is 2.05 bits per heavy atom.